The highest BCUT2D eigenvalue weighted by Gasteiger charge is 2.25. The summed E-state index contributed by atoms with van der Waals surface area (Å²) in [6.07, 6.45) is 1.93. The van der Waals surface area contributed by atoms with Gasteiger partial charge in [0.15, 0.2) is 0 Å². The molecule has 1 amide bonds. The minimum absolute atomic E-state index is 0.175. The maximum Gasteiger partial charge on any atom is 0.264 e. The molecule has 0 aromatic heterocycles. The van der Waals surface area contributed by atoms with Gasteiger partial charge in [0.05, 0.1) is 21.8 Å². The Kier molecular flexibility index (Phi) is 6.30. The molecule has 0 saturated carbocycles. The first-order valence-corrected chi connectivity index (χ1v) is 11.6. The van der Waals surface area contributed by atoms with E-state index in [1.165, 1.54) is 18.8 Å². The Hall–Kier alpha value is -2.77. The number of benzene rings is 3. The van der Waals surface area contributed by atoms with E-state index in [1.807, 2.05) is 37.4 Å². The summed E-state index contributed by atoms with van der Waals surface area (Å²) in [5, 5.41) is 2.89. The first-order valence-electron chi connectivity index (χ1n) is 8.93. The number of carbonyl (C=O) groups excluding carboxylic acids is 1. The van der Waals surface area contributed by atoms with E-state index in [0.29, 0.717) is 11.4 Å². The van der Waals surface area contributed by atoms with Gasteiger partial charge < -0.3 is 5.32 Å². The average Bonchev–Trinajstić information content (AvgIpc) is 2.73. The smallest absolute Gasteiger partial charge is 0.264 e. The molecule has 0 spiro atoms. The van der Waals surface area contributed by atoms with Crippen molar-refractivity contribution in [1.29, 1.82) is 0 Å². The van der Waals surface area contributed by atoms with Crippen molar-refractivity contribution in [2.75, 3.05) is 22.9 Å². The van der Waals surface area contributed by atoms with Crippen LogP contribution in [0.1, 0.15) is 15.9 Å². The zero-order valence-electron chi connectivity index (χ0n) is 16.4. The molecule has 0 heterocycles. The van der Waals surface area contributed by atoms with E-state index >= 15 is 0 Å². The van der Waals surface area contributed by atoms with Gasteiger partial charge in [-0.05, 0) is 49.6 Å². The SMILES string of the molecule is CSc1ccccc1NC(=O)c1ccccc1N(C)S(=O)(=O)c1ccc(C)cc1. The van der Waals surface area contributed by atoms with Gasteiger partial charge >= 0.3 is 0 Å². The molecule has 0 aliphatic heterocycles. The van der Waals surface area contributed by atoms with E-state index in [2.05, 4.69) is 5.32 Å². The molecule has 0 radical (unpaired) electrons. The number of nitrogens with one attached hydrogen (secondary N) is 1. The third-order valence-electron chi connectivity index (χ3n) is 4.52. The van der Waals surface area contributed by atoms with Crippen LogP contribution in [0, 0.1) is 6.92 Å². The van der Waals surface area contributed by atoms with Crippen LogP contribution in [0.2, 0.25) is 0 Å². The molecule has 3 aromatic rings. The van der Waals surface area contributed by atoms with Crippen LogP contribution in [0.3, 0.4) is 0 Å². The number of aryl methyl sites for hydroxylation is 1. The molecule has 1 N–H and O–H groups in total. The van der Waals surface area contributed by atoms with Gasteiger partial charge in [0.25, 0.3) is 15.9 Å². The number of amides is 1. The Morgan fingerprint density at radius 1 is 0.931 bits per heavy atom. The first-order chi connectivity index (χ1) is 13.8. The van der Waals surface area contributed by atoms with Crippen molar-refractivity contribution in [3.8, 4) is 0 Å². The molecule has 5 nitrogen and oxygen atoms in total. The summed E-state index contributed by atoms with van der Waals surface area (Å²) in [5.74, 6) is -0.368. The summed E-state index contributed by atoms with van der Waals surface area (Å²) in [7, 11) is -2.35. The molecular formula is C22H22N2O3S2. The fourth-order valence-electron chi connectivity index (χ4n) is 2.88. The Labute approximate surface area is 175 Å². The van der Waals surface area contributed by atoms with Gasteiger partial charge in [-0.3, -0.25) is 9.10 Å². The van der Waals surface area contributed by atoms with Crippen molar-refractivity contribution in [1.82, 2.24) is 0 Å². The molecule has 0 unspecified atom stereocenters. The lowest BCUT2D eigenvalue weighted by Crippen LogP contribution is -2.29. The molecule has 0 atom stereocenters. The van der Waals surface area contributed by atoms with Gasteiger partial charge in [0.1, 0.15) is 0 Å². The van der Waals surface area contributed by atoms with Crippen LogP contribution in [-0.4, -0.2) is 27.6 Å². The molecule has 0 saturated heterocycles. The van der Waals surface area contributed by atoms with Crippen molar-refractivity contribution in [3.05, 3.63) is 83.9 Å². The number of sulfonamides is 1. The van der Waals surface area contributed by atoms with Crippen molar-refractivity contribution in [2.45, 2.75) is 16.7 Å². The summed E-state index contributed by atoms with van der Waals surface area (Å²) < 4.78 is 27.3. The number of carbonyl (C=O) groups is 1. The Morgan fingerprint density at radius 2 is 1.55 bits per heavy atom. The van der Waals surface area contributed by atoms with Crippen molar-refractivity contribution >= 4 is 39.1 Å². The number of hydrogen-bond acceptors (Lipinski definition) is 4. The van der Waals surface area contributed by atoms with Crippen LogP contribution in [0.4, 0.5) is 11.4 Å². The zero-order chi connectivity index (χ0) is 21.0. The van der Waals surface area contributed by atoms with E-state index in [-0.39, 0.29) is 16.4 Å². The second kappa shape index (κ2) is 8.71. The summed E-state index contributed by atoms with van der Waals surface area (Å²) in [6.45, 7) is 1.90. The Balaban J connectivity index is 1.96. The summed E-state index contributed by atoms with van der Waals surface area (Å²) in [6, 6.07) is 20.8. The van der Waals surface area contributed by atoms with Crippen LogP contribution < -0.4 is 9.62 Å². The fraction of sp³-hybridized carbons (Fsp3) is 0.136. The highest BCUT2D eigenvalue weighted by Crippen LogP contribution is 2.29. The van der Waals surface area contributed by atoms with Gasteiger partial charge in [-0.2, -0.15) is 0 Å². The number of anilines is 2. The Morgan fingerprint density at radius 3 is 2.24 bits per heavy atom. The molecule has 0 aliphatic rings. The van der Waals surface area contributed by atoms with Crippen LogP contribution in [0.5, 0.6) is 0 Å². The lowest BCUT2D eigenvalue weighted by Gasteiger charge is -2.22. The molecule has 0 fully saturated rings. The maximum atomic E-state index is 13.1. The molecule has 3 aromatic carbocycles. The van der Waals surface area contributed by atoms with Gasteiger partial charge in [-0.15, -0.1) is 11.8 Å². The zero-order valence-corrected chi connectivity index (χ0v) is 18.0. The fourth-order valence-corrected chi connectivity index (χ4v) is 4.64. The maximum absolute atomic E-state index is 13.1. The number of nitrogens with zero attached hydrogens (tertiary/aromatic N) is 1. The van der Waals surface area contributed by atoms with Crippen LogP contribution in [0.15, 0.2) is 82.6 Å². The minimum Gasteiger partial charge on any atom is -0.321 e. The molecule has 0 aliphatic carbocycles. The van der Waals surface area contributed by atoms with Gasteiger partial charge in [0.2, 0.25) is 0 Å². The molecule has 29 heavy (non-hydrogen) atoms. The monoisotopic (exact) mass is 426 g/mol. The normalized spacial score (nSPS) is 11.1. The summed E-state index contributed by atoms with van der Waals surface area (Å²) in [4.78, 5) is 14.1. The highest BCUT2D eigenvalue weighted by atomic mass is 32.2. The van der Waals surface area contributed by atoms with Gasteiger partial charge in [-0.1, -0.05) is 42.0 Å². The number of hydrogen-bond donors (Lipinski definition) is 1. The largest absolute Gasteiger partial charge is 0.321 e. The molecule has 7 heteroatoms. The first kappa shape index (κ1) is 21.0. The number of para-hydroxylation sites is 2. The predicted octanol–water partition coefficient (Wildman–Crippen LogP) is 4.79. The quantitative estimate of drug-likeness (QED) is 0.575. The molecular weight excluding hydrogens is 404 g/mol. The van der Waals surface area contributed by atoms with Crippen molar-refractivity contribution < 1.29 is 13.2 Å². The van der Waals surface area contributed by atoms with Crippen molar-refractivity contribution in [3.63, 3.8) is 0 Å². The lowest BCUT2D eigenvalue weighted by atomic mass is 10.1. The van der Waals surface area contributed by atoms with E-state index < -0.39 is 10.0 Å². The third kappa shape index (κ3) is 4.46. The minimum atomic E-state index is -3.80. The Bertz CT molecular complexity index is 1130. The lowest BCUT2D eigenvalue weighted by molar-refractivity contribution is 0.102. The number of thioether (sulfide) groups is 1. The van der Waals surface area contributed by atoms with E-state index in [1.54, 1.807) is 48.5 Å². The van der Waals surface area contributed by atoms with Gasteiger partial charge in [0, 0.05) is 11.9 Å². The average molecular weight is 427 g/mol. The van der Waals surface area contributed by atoms with Crippen LogP contribution >= 0.6 is 11.8 Å². The van der Waals surface area contributed by atoms with Crippen LogP contribution in [-0.2, 0) is 10.0 Å². The van der Waals surface area contributed by atoms with E-state index in [0.717, 1.165) is 14.8 Å². The number of rotatable bonds is 6. The van der Waals surface area contributed by atoms with Gasteiger partial charge in [-0.25, -0.2) is 8.42 Å². The molecule has 3 rings (SSSR count). The topological polar surface area (TPSA) is 66.5 Å². The summed E-state index contributed by atoms with van der Waals surface area (Å²) >= 11 is 1.52. The highest BCUT2D eigenvalue weighted by molar-refractivity contribution is 7.98. The van der Waals surface area contributed by atoms with E-state index in [9.17, 15) is 13.2 Å². The second-order valence-electron chi connectivity index (χ2n) is 6.46. The third-order valence-corrected chi connectivity index (χ3v) is 7.10. The molecule has 0 bridgehead atoms. The predicted molar refractivity (Wildman–Crippen MR) is 119 cm³/mol. The standard InChI is InChI=1S/C22H22N2O3S2/c1-16-12-14-17(15-13-16)29(26,27)24(2)20-10-6-4-8-18(20)22(25)23-19-9-5-7-11-21(19)28-3/h4-15H,1-3H3,(H,23,25). The summed E-state index contributed by atoms with van der Waals surface area (Å²) in [5.41, 5.74) is 2.25. The van der Waals surface area contributed by atoms with Crippen LogP contribution in [0.25, 0.3) is 0 Å². The van der Waals surface area contributed by atoms with Crippen molar-refractivity contribution in [2.24, 2.45) is 0 Å². The molecule has 150 valence electrons. The van der Waals surface area contributed by atoms with E-state index in [4.69, 9.17) is 0 Å². The second-order valence-corrected chi connectivity index (χ2v) is 9.27.